The van der Waals surface area contributed by atoms with E-state index in [9.17, 15) is 4.79 Å². The quantitative estimate of drug-likeness (QED) is 0.467. The van der Waals surface area contributed by atoms with Crippen molar-refractivity contribution in [2.45, 2.75) is 43.7 Å². The fraction of sp³-hybridized carbons (Fsp3) is 0.375. The summed E-state index contributed by atoms with van der Waals surface area (Å²) in [6.07, 6.45) is 1.91. The zero-order valence-corrected chi connectivity index (χ0v) is 18.7. The van der Waals surface area contributed by atoms with Crippen LogP contribution in [-0.4, -0.2) is 39.4 Å². The molecule has 0 bridgehead atoms. The fourth-order valence-electron chi connectivity index (χ4n) is 3.83. The number of carbonyl (C=O) groups excluding carboxylic acids is 1. The van der Waals surface area contributed by atoms with E-state index >= 15 is 0 Å². The van der Waals surface area contributed by atoms with E-state index in [0.717, 1.165) is 5.56 Å². The molecule has 1 amide bonds. The summed E-state index contributed by atoms with van der Waals surface area (Å²) in [5, 5.41) is 8.56. The smallest absolute Gasteiger partial charge is 0.277 e. The van der Waals surface area contributed by atoms with Crippen LogP contribution < -0.4 is 9.47 Å². The van der Waals surface area contributed by atoms with Crippen LogP contribution in [0.3, 0.4) is 0 Å². The number of aromatic nitrogens is 2. The second kappa shape index (κ2) is 9.24. The molecular formula is C24H25N3O4S. The van der Waals surface area contributed by atoms with Crippen molar-refractivity contribution in [3.8, 4) is 11.5 Å². The molecule has 0 spiro atoms. The molecule has 3 aromatic rings. The molecule has 1 aliphatic carbocycles. The van der Waals surface area contributed by atoms with E-state index in [2.05, 4.69) is 29.3 Å². The van der Waals surface area contributed by atoms with Gasteiger partial charge in [0.05, 0.1) is 5.75 Å². The molecule has 0 saturated heterocycles. The molecule has 7 nitrogen and oxygen atoms in total. The first-order valence-electron chi connectivity index (χ1n) is 10.9. The Morgan fingerprint density at radius 3 is 2.62 bits per heavy atom. The molecule has 5 rings (SSSR count). The van der Waals surface area contributed by atoms with Gasteiger partial charge in [-0.05, 0) is 43.4 Å². The number of carbonyl (C=O) groups is 1. The van der Waals surface area contributed by atoms with Crippen molar-refractivity contribution in [2.24, 2.45) is 5.92 Å². The predicted octanol–water partition coefficient (Wildman–Crippen LogP) is 4.50. The van der Waals surface area contributed by atoms with E-state index < -0.39 is 6.10 Å². The molecule has 2 unspecified atom stereocenters. The van der Waals surface area contributed by atoms with Crippen LogP contribution in [-0.2, 0) is 11.3 Å². The summed E-state index contributed by atoms with van der Waals surface area (Å²) < 4.78 is 17.4. The summed E-state index contributed by atoms with van der Waals surface area (Å²) in [6.45, 7) is 3.05. The maximum Gasteiger partial charge on any atom is 0.277 e. The monoisotopic (exact) mass is 451 g/mol. The van der Waals surface area contributed by atoms with Gasteiger partial charge in [-0.2, -0.15) is 0 Å². The van der Waals surface area contributed by atoms with Crippen molar-refractivity contribution in [1.82, 2.24) is 15.1 Å². The van der Waals surface area contributed by atoms with E-state index in [1.165, 1.54) is 24.6 Å². The highest BCUT2D eigenvalue weighted by Crippen LogP contribution is 2.37. The molecule has 2 heterocycles. The van der Waals surface area contributed by atoms with Gasteiger partial charge in [0.25, 0.3) is 11.1 Å². The Kier molecular flexibility index (Phi) is 6.03. The highest BCUT2D eigenvalue weighted by molar-refractivity contribution is 7.99. The Hall–Kier alpha value is -3.00. The lowest BCUT2D eigenvalue weighted by atomic mass is 10.1. The number of thioether (sulfide) groups is 1. The van der Waals surface area contributed by atoms with Gasteiger partial charge >= 0.3 is 0 Å². The summed E-state index contributed by atoms with van der Waals surface area (Å²) in [6, 6.07) is 17.8. The summed E-state index contributed by atoms with van der Waals surface area (Å²) in [7, 11) is 0. The molecule has 1 aromatic heterocycles. The number of hydrogen-bond donors (Lipinski definition) is 0. The molecule has 2 aliphatic rings. The topological polar surface area (TPSA) is 77.7 Å². The Balaban J connectivity index is 1.21. The number of para-hydroxylation sites is 2. The first kappa shape index (κ1) is 20.9. The van der Waals surface area contributed by atoms with E-state index in [0.29, 0.717) is 41.7 Å². The molecule has 0 N–H and O–H groups in total. The van der Waals surface area contributed by atoms with Crippen LogP contribution in [0.2, 0.25) is 0 Å². The summed E-state index contributed by atoms with van der Waals surface area (Å²) >= 11 is 1.26. The Morgan fingerprint density at radius 2 is 1.84 bits per heavy atom. The normalized spacial score (nSPS) is 18.2. The Labute approximate surface area is 191 Å². The van der Waals surface area contributed by atoms with Crippen LogP contribution in [0.25, 0.3) is 0 Å². The third-order valence-corrected chi connectivity index (χ3v) is 6.64. The predicted molar refractivity (Wildman–Crippen MR) is 120 cm³/mol. The van der Waals surface area contributed by atoms with E-state index in [4.69, 9.17) is 13.9 Å². The van der Waals surface area contributed by atoms with Crippen LogP contribution in [0, 0.1) is 5.92 Å². The minimum Gasteiger partial charge on any atom is -0.485 e. The van der Waals surface area contributed by atoms with Crippen LogP contribution in [0.15, 0.2) is 64.2 Å². The molecule has 1 saturated carbocycles. The highest BCUT2D eigenvalue weighted by atomic mass is 32.2. The van der Waals surface area contributed by atoms with Crippen LogP contribution in [0.4, 0.5) is 0 Å². The number of ether oxygens (including phenoxy) is 2. The Bertz CT molecular complexity index is 1070. The molecule has 32 heavy (non-hydrogen) atoms. The summed E-state index contributed by atoms with van der Waals surface area (Å²) in [5.74, 6) is 2.61. The number of nitrogens with zero attached hydrogens (tertiary/aromatic N) is 3. The number of amides is 1. The van der Waals surface area contributed by atoms with Crippen molar-refractivity contribution in [1.29, 1.82) is 0 Å². The largest absolute Gasteiger partial charge is 0.485 e. The SMILES string of the molecule is CC(C1CC1)N(Cc1ccccc1)C(=O)CSc1nnc(C2COc3ccccc3O2)o1. The van der Waals surface area contributed by atoms with Crippen LogP contribution >= 0.6 is 11.8 Å². The molecule has 0 radical (unpaired) electrons. The number of hydrogen-bond acceptors (Lipinski definition) is 7. The molecule has 2 atom stereocenters. The van der Waals surface area contributed by atoms with Gasteiger partial charge in [-0.25, -0.2) is 0 Å². The van der Waals surface area contributed by atoms with Crippen molar-refractivity contribution in [3.63, 3.8) is 0 Å². The zero-order valence-electron chi connectivity index (χ0n) is 17.8. The number of rotatable bonds is 8. The molecule has 166 valence electrons. The van der Waals surface area contributed by atoms with Gasteiger partial charge < -0.3 is 18.8 Å². The zero-order chi connectivity index (χ0) is 21.9. The maximum absolute atomic E-state index is 13.1. The summed E-state index contributed by atoms with van der Waals surface area (Å²) in [5.41, 5.74) is 1.13. The lowest BCUT2D eigenvalue weighted by Gasteiger charge is -2.29. The van der Waals surface area contributed by atoms with Crippen molar-refractivity contribution >= 4 is 17.7 Å². The average Bonchev–Trinajstić information content (AvgIpc) is 3.58. The second-order valence-electron chi connectivity index (χ2n) is 8.14. The van der Waals surface area contributed by atoms with Gasteiger partial charge in [0.2, 0.25) is 12.0 Å². The van der Waals surface area contributed by atoms with Crippen molar-refractivity contribution < 1.29 is 18.7 Å². The fourth-order valence-corrected chi connectivity index (χ4v) is 4.48. The number of benzene rings is 2. The van der Waals surface area contributed by atoms with Gasteiger partial charge in [0.1, 0.15) is 6.61 Å². The van der Waals surface area contributed by atoms with Gasteiger partial charge in [-0.3, -0.25) is 4.79 Å². The lowest BCUT2D eigenvalue weighted by Crippen LogP contribution is -2.40. The first-order chi connectivity index (χ1) is 15.7. The molecule has 1 fully saturated rings. The molecule has 1 aliphatic heterocycles. The average molecular weight is 452 g/mol. The van der Waals surface area contributed by atoms with Gasteiger partial charge in [-0.1, -0.05) is 54.2 Å². The minimum absolute atomic E-state index is 0.0733. The molecule has 8 heteroatoms. The lowest BCUT2D eigenvalue weighted by molar-refractivity contribution is -0.131. The van der Waals surface area contributed by atoms with Crippen LogP contribution in [0.5, 0.6) is 11.5 Å². The van der Waals surface area contributed by atoms with Crippen LogP contribution in [0.1, 0.15) is 37.3 Å². The third-order valence-electron chi connectivity index (χ3n) is 5.84. The summed E-state index contributed by atoms with van der Waals surface area (Å²) in [4.78, 5) is 15.1. The van der Waals surface area contributed by atoms with Crippen molar-refractivity contribution in [2.75, 3.05) is 12.4 Å². The third kappa shape index (κ3) is 4.75. The van der Waals surface area contributed by atoms with E-state index in [-0.39, 0.29) is 17.7 Å². The van der Waals surface area contributed by atoms with E-state index in [1.54, 1.807) is 0 Å². The minimum atomic E-state index is -0.466. The molecular weight excluding hydrogens is 426 g/mol. The van der Waals surface area contributed by atoms with Gasteiger partial charge in [-0.15, -0.1) is 10.2 Å². The Morgan fingerprint density at radius 1 is 1.09 bits per heavy atom. The maximum atomic E-state index is 13.1. The first-order valence-corrected chi connectivity index (χ1v) is 11.8. The molecule has 2 aromatic carbocycles. The van der Waals surface area contributed by atoms with Crippen molar-refractivity contribution in [3.05, 3.63) is 66.1 Å². The van der Waals surface area contributed by atoms with E-state index in [1.807, 2.05) is 47.4 Å². The number of fused-ring (bicyclic) bond motifs is 1. The standard InChI is InChI=1S/C24H25N3O4S/c1-16(18-11-12-18)27(13-17-7-3-2-4-8-17)22(28)15-32-24-26-25-23(31-24)21-14-29-19-9-5-6-10-20(19)30-21/h2-10,16,18,21H,11-15H2,1H3. The van der Waals surface area contributed by atoms with Gasteiger partial charge in [0.15, 0.2) is 11.5 Å². The highest BCUT2D eigenvalue weighted by Gasteiger charge is 2.34. The van der Waals surface area contributed by atoms with Gasteiger partial charge in [0, 0.05) is 12.6 Å². The second-order valence-corrected chi connectivity index (χ2v) is 9.07.